The van der Waals surface area contributed by atoms with Gasteiger partial charge >= 0.3 is 0 Å². The summed E-state index contributed by atoms with van der Waals surface area (Å²) in [5, 5.41) is 0.460. The molecule has 1 fully saturated rings. The lowest BCUT2D eigenvalue weighted by molar-refractivity contribution is -0.134. The highest BCUT2D eigenvalue weighted by Gasteiger charge is 2.34. The third-order valence-corrected chi connectivity index (χ3v) is 6.32. The highest BCUT2D eigenvalue weighted by atomic mass is 32.2. The molecule has 1 aromatic carbocycles. The van der Waals surface area contributed by atoms with Crippen LogP contribution >= 0.6 is 0 Å². The molecule has 0 spiro atoms. The zero-order chi connectivity index (χ0) is 18.9. The van der Waals surface area contributed by atoms with Crippen molar-refractivity contribution < 1.29 is 13.2 Å². The van der Waals surface area contributed by atoms with Crippen LogP contribution in [-0.4, -0.2) is 52.9 Å². The van der Waals surface area contributed by atoms with Gasteiger partial charge in [-0.05, 0) is 24.5 Å². The van der Waals surface area contributed by atoms with E-state index >= 15 is 0 Å². The average molecular weight is 377 g/mol. The third kappa shape index (κ3) is 3.95. The van der Waals surface area contributed by atoms with E-state index < -0.39 is 9.84 Å². The van der Waals surface area contributed by atoms with Crippen molar-refractivity contribution in [3.8, 4) is 0 Å². The molecule has 0 unspecified atom stereocenters. The maximum atomic E-state index is 12.9. The second kappa shape index (κ2) is 7.19. The number of benzene rings is 1. The number of hydrogen-bond donors (Lipinski definition) is 0. The lowest BCUT2D eigenvalue weighted by Crippen LogP contribution is -2.45. The van der Waals surface area contributed by atoms with Crippen LogP contribution in [0.25, 0.3) is 10.9 Å². The van der Waals surface area contributed by atoms with Crippen LogP contribution in [0.4, 0.5) is 0 Å². The normalized spacial score (nSPS) is 19.1. The number of rotatable bonds is 5. The average Bonchev–Trinajstić information content (AvgIpc) is 2.95. The van der Waals surface area contributed by atoms with E-state index in [4.69, 9.17) is 0 Å². The highest BCUT2D eigenvalue weighted by Crippen LogP contribution is 2.19. The number of para-hydroxylation sites is 1. The number of amides is 1. The Kier molecular flexibility index (Phi) is 5.13. The zero-order valence-corrected chi connectivity index (χ0v) is 15.8. The standard InChI is InChI=1S/C18H23N3O4S/c1-13(2)9-21(14-7-8-26(24,25)11-14)17(22)10-20-12-19-16-6-4-3-5-15(16)18(20)23/h3-6,12-14H,7-11H2,1-2H3/t14-/m1/s1. The van der Waals surface area contributed by atoms with Crippen molar-refractivity contribution in [1.29, 1.82) is 0 Å². The molecule has 0 aliphatic carbocycles. The van der Waals surface area contributed by atoms with E-state index in [2.05, 4.69) is 4.98 Å². The Hall–Kier alpha value is -2.22. The molecular weight excluding hydrogens is 354 g/mol. The molecule has 1 aliphatic heterocycles. The third-order valence-electron chi connectivity index (χ3n) is 4.57. The Morgan fingerprint density at radius 2 is 2.08 bits per heavy atom. The Balaban J connectivity index is 1.86. The molecule has 1 aliphatic rings. The monoisotopic (exact) mass is 377 g/mol. The predicted octanol–water partition coefficient (Wildman–Crippen LogP) is 1.07. The molecule has 0 saturated carbocycles. The van der Waals surface area contributed by atoms with Gasteiger partial charge in [-0.2, -0.15) is 0 Å². The van der Waals surface area contributed by atoms with Crippen LogP contribution in [0.2, 0.25) is 0 Å². The fraction of sp³-hybridized carbons (Fsp3) is 0.500. The van der Waals surface area contributed by atoms with E-state index in [1.165, 1.54) is 10.9 Å². The van der Waals surface area contributed by atoms with E-state index in [0.717, 1.165) is 0 Å². The minimum Gasteiger partial charge on any atom is -0.337 e. The minimum atomic E-state index is -3.09. The number of carbonyl (C=O) groups excluding carboxylic acids is 1. The van der Waals surface area contributed by atoms with Crippen LogP contribution < -0.4 is 5.56 Å². The number of hydrogen-bond acceptors (Lipinski definition) is 5. The summed E-state index contributed by atoms with van der Waals surface area (Å²) in [5.41, 5.74) is 0.314. The van der Waals surface area contributed by atoms with Crippen molar-refractivity contribution in [2.24, 2.45) is 5.92 Å². The molecule has 2 heterocycles. The Labute approximate surface area is 152 Å². The molecule has 0 N–H and O–H groups in total. The summed E-state index contributed by atoms with van der Waals surface area (Å²) in [6.07, 6.45) is 1.83. The fourth-order valence-corrected chi connectivity index (χ4v) is 5.06. The zero-order valence-electron chi connectivity index (χ0n) is 15.0. The second-order valence-corrected chi connectivity index (χ2v) is 9.42. The highest BCUT2D eigenvalue weighted by molar-refractivity contribution is 7.91. The molecule has 8 heteroatoms. The number of sulfone groups is 1. The van der Waals surface area contributed by atoms with Gasteiger partial charge in [0.25, 0.3) is 5.56 Å². The van der Waals surface area contributed by atoms with Crippen LogP contribution in [0.3, 0.4) is 0 Å². The Bertz CT molecular complexity index is 981. The smallest absolute Gasteiger partial charge is 0.261 e. The lowest BCUT2D eigenvalue weighted by Gasteiger charge is -2.30. The van der Waals surface area contributed by atoms with Crippen LogP contribution in [0, 0.1) is 5.92 Å². The first-order valence-electron chi connectivity index (χ1n) is 8.71. The molecule has 0 radical (unpaired) electrons. The van der Waals surface area contributed by atoms with Gasteiger partial charge in [-0.15, -0.1) is 0 Å². The number of aromatic nitrogens is 2. The van der Waals surface area contributed by atoms with Crippen molar-refractivity contribution in [2.75, 3.05) is 18.1 Å². The Morgan fingerprint density at radius 3 is 2.73 bits per heavy atom. The van der Waals surface area contributed by atoms with Crippen LogP contribution in [0.5, 0.6) is 0 Å². The number of fused-ring (bicyclic) bond motifs is 1. The molecule has 26 heavy (non-hydrogen) atoms. The first kappa shape index (κ1) is 18.6. The summed E-state index contributed by atoms with van der Waals surface area (Å²) in [5.74, 6) is 0.0570. The lowest BCUT2D eigenvalue weighted by atomic mass is 10.1. The van der Waals surface area contributed by atoms with Gasteiger partial charge in [0.15, 0.2) is 9.84 Å². The van der Waals surface area contributed by atoms with Gasteiger partial charge in [0.1, 0.15) is 6.54 Å². The first-order chi connectivity index (χ1) is 12.3. The van der Waals surface area contributed by atoms with E-state index in [-0.39, 0.29) is 41.5 Å². The quantitative estimate of drug-likeness (QED) is 0.777. The largest absolute Gasteiger partial charge is 0.337 e. The maximum absolute atomic E-state index is 12.9. The van der Waals surface area contributed by atoms with E-state index in [1.807, 2.05) is 13.8 Å². The van der Waals surface area contributed by atoms with Gasteiger partial charge in [-0.25, -0.2) is 13.4 Å². The van der Waals surface area contributed by atoms with Crippen LogP contribution in [0.1, 0.15) is 20.3 Å². The van der Waals surface area contributed by atoms with Crippen molar-refractivity contribution in [3.63, 3.8) is 0 Å². The van der Waals surface area contributed by atoms with Gasteiger partial charge in [0.2, 0.25) is 5.91 Å². The summed E-state index contributed by atoms with van der Waals surface area (Å²) in [6.45, 7) is 4.29. The first-order valence-corrected chi connectivity index (χ1v) is 10.5. The van der Waals surface area contributed by atoms with E-state index in [9.17, 15) is 18.0 Å². The molecule has 0 bridgehead atoms. The second-order valence-electron chi connectivity index (χ2n) is 7.19. The molecule has 2 aromatic rings. The van der Waals surface area contributed by atoms with Gasteiger partial charge in [-0.3, -0.25) is 14.2 Å². The summed E-state index contributed by atoms with van der Waals surface area (Å²) in [7, 11) is -3.09. The molecule has 1 atom stereocenters. The van der Waals surface area contributed by atoms with Gasteiger partial charge in [-0.1, -0.05) is 26.0 Å². The molecule has 1 saturated heterocycles. The predicted molar refractivity (Wildman–Crippen MR) is 99.6 cm³/mol. The fourth-order valence-electron chi connectivity index (χ4n) is 3.32. The number of carbonyl (C=O) groups is 1. The van der Waals surface area contributed by atoms with Gasteiger partial charge in [0, 0.05) is 12.6 Å². The van der Waals surface area contributed by atoms with Crippen molar-refractivity contribution >= 4 is 26.6 Å². The molecule has 1 aromatic heterocycles. The maximum Gasteiger partial charge on any atom is 0.261 e. The minimum absolute atomic E-state index is 0.00364. The Morgan fingerprint density at radius 1 is 1.35 bits per heavy atom. The van der Waals surface area contributed by atoms with Gasteiger partial charge < -0.3 is 4.90 Å². The molecular formula is C18H23N3O4S. The van der Waals surface area contributed by atoms with Crippen molar-refractivity contribution in [1.82, 2.24) is 14.5 Å². The van der Waals surface area contributed by atoms with Crippen LogP contribution in [0.15, 0.2) is 35.4 Å². The molecule has 140 valence electrons. The summed E-state index contributed by atoms with van der Waals surface area (Å²) in [4.78, 5) is 31.3. The molecule has 7 nitrogen and oxygen atoms in total. The SMILES string of the molecule is CC(C)CN(C(=O)Cn1cnc2ccccc2c1=O)[C@@H]1CCS(=O)(=O)C1. The van der Waals surface area contributed by atoms with Crippen molar-refractivity contribution in [2.45, 2.75) is 32.9 Å². The topological polar surface area (TPSA) is 89.3 Å². The summed E-state index contributed by atoms with van der Waals surface area (Å²) < 4.78 is 24.9. The molecule has 3 rings (SSSR count). The van der Waals surface area contributed by atoms with Crippen molar-refractivity contribution in [3.05, 3.63) is 40.9 Å². The number of nitrogens with zero attached hydrogens (tertiary/aromatic N) is 3. The molecule has 1 amide bonds. The van der Waals surface area contributed by atoms with Crippen LogP contribution in [-0.2, 0) is 21.2 Å². The van der Waals surface area contributed by atoms with E-state index in [0.29, 0.717) is 23.9 Å². The van der Waals surface area contributed by atoms with Gasteiger partial charge in [0.05, 0.1) is 28.7 Å². The summed E-state index contributed by atoms with van der Waals surface area (Å²) in [6, 6.07) is 6.67. The van der Waals surface area contributed by atoms with E-state index in [1.54, 1.807) is 29.2 Å². The summed E-state index contributed by atoms with van der Waals surface area (Å²) >= 11 is 0.